The Bertz CT molecular complexity index is 241. The Labute approximate surface area is 61.9 Å². The number of carbonyl (C=O) groups excluding carboxylic acids is 2. The van der Waals surface area contributed by atoms with Crippen molar-refractivity contribution in [2.45, 2.75) is 0 Å². The van der Waals surface area contributed by atoms with Crippen LogP contribution in [-0.2, 0) is 9.63 Å². The van der Waals surface area contributed by atoms with Gasteiger partial charge in [0.05, 0.1) is 6.26 Å². The average Bonchev–Trinajstić information content (AvgIpc) is 2.52. The molecular weight excluding hydrogens is 150 g/mol. The molecule has 5 nitrogen and oxygen atoms in total. The molecule has 0 spiro atoms. The second-order valence-corrected chi connectivity index (χ2v) is 1.60. The van der Waals surface area contributed by atoms with E-state index in [1.54, 1.807) is 5.48 Å². The highest BCUT2D eigenvalue weighted by molar-refractivity contribution is 5.86. The fourth-order valence-corrected chi connectivity index (χ4v) is 0.523. The highest BCUT2D eigenvalue weighted by Crippen LogP contribution is 2.00. The van der Waals surface area contributed by atoms with E-state index in [-0.39, 0.29) is 12.2 Å². The molecule has 1 amide bonds. The number of carbonyl (C=O) groups is 2. The molecule has 0 aromatic carbocycles. The number of hydrogen-bond acceptors (Lipinski definition) is 4. The van der Waals surface area contributed by atoms with Crippen LogP contribution in [0.25, 0.3) is 0 Å². The molecule has 0 saturated heterocycles. The van der Waals surface area contributed by atoms with Gasteiger partial charge in [-0.15, -0.1) is 0 Å². The highest BCUT2D eigenvalue weighted by Gasteiger charge is 2.08. The van der Waals surface area contributed by atoms with Gasteiger partial charge in [0.25, 0.3) is 0 Å². The minimum Gasteiger partial charge on any atom is -0.457 e. The highest BCUT2D eigenvalue weighted by atomic mass is 16.7. The van der Waals surface area contributed by atoms with Crippen LogP contribution in [0.2, 0.25) is 0 Å². The molecule has 11 heavy (non-hydrogen) atoms. The SMILES string of the molecule is O=CNOC(=O)c1ccco1. The number of nitrogens with one attached hydrogen (secondary N) is 1. The molecule has 0 bridgehead atoms. The van der Waals surface area contributed by atoms with Gasteiger partial charge in [0.1, 0.15) is 0 Å². The van der Waals surface area contributed by atoms with Crippen LogP contribution in [0.4, 0.5) is 0 Å². The Kier molecular flexibility index (Phi) is 2.27. The van der Waals surface area contributed by atoms with Gasteiger partial charge in [-0.3, -0.25) is 4.79 Å². The van der Waals surface area contributed by atoms with E-state index in [0.717, 1.165) is 0 Å². The maximum atomic E-state index is 10.7. The van der Waals surface area contributed by atoms with Crippen molar-refractivity contribution in [3.05, 3.63) is 24.2 Å². The monoisotopic (exact) mass is 155 g/mol. The molecule has 1 heterocycles. The number of hydrogen-bond donors (Lipinski definition) is 1. The summed E-state index contributed by atoms with van der Waals surface area (Å²) in [5.41, 5.74) is 1.75. The number of furan rings is 1. The molecule has 0 saturated carbocycles. The quantitative estimate of drug-likeness (QED) is 0.496. The lowest BCUT2D eigenvalue weighted by molar-refractivity contribution is -0.117. The largest absolute Gasteiger partial charge is 0.457 e. The minimum atomic E-state index is -0.734. The van der Waals surface area contributed by atoms with E-state index in [1.807, 2.05) is 0 Å². The van der Waals surface area contributed by atoms with E-state index < -0.39 is 5.97 Å². The Morgan fingerprint density at radius 1 is 1.73 bits per heavy atom. The average molecular weight is 155 g/mol. The third kappa shape index (κ3) is 1.82. The molecule has 0 aliphatic carbocycles. The summed E-state index contributed by atoms with van der Waals surface area (Å²) in [6.45, 7) is 0. The summed E-state index contributed by atoms with van der Waals surface area (Å²) < 4.78 is 4.66. The molecule has 0 atom stereocenters. The standard InChI is InChI=1S/C6H5NO4/c8-4-7-11-6(9)5-2-1-3-10-5/h1-4H,(H,7,8). The summed E-state index contributed by atoms with van der Waals surface area (Å²) in [5, 5.41) is 0. The topological polar surface area (TPSA) is 68.5 Å². The normalized spacial score (nSPS) is 8.73. The van der Waals surface area contributed by atoms with Crippen LogP contribution < -0.4 is 5.48 Å². The van der Waals surface area contributed by atoms with Crippen molar-refractivity contribution in [2.75, 3.05) is 0 Å². The fraction of sp³-hybridized carbons (Fsp3) is 0. The lowest BCUT2D eigenvalue weighted by atomic mass is 10.5. The van der Waals surface area contributed by atoms with Gasteiger partial charge in [-0.2, -0.15) is 5.48 Å². The smallest absolute Gasteiger partial charge is 0.398 e. The van der Waals surface area contributed by atoms with Gasteiger partial charge in [0, 0.05) is 0 Å². The Balaban J connectivity index is 2.49. The van der Waals surface area contributed by atoms with E-state index in [0.29, 0.717) is 0 Å². The van der Waals surface area contributed by atoms with Gasteiger partial charge in [0.2, 0.25) is 12.2 Å². The zero-order valence-corrected chi connectivity index (χ0v) is 5.44. The molecule has 5 heteroatoms. The van der Waals surface area contributed by atoms with Gasteiger partial charge in [-0.25, -0.2) is 4.79 Å². The van der Waals surface area contributed by atoms with Crippen molar-refractivity contribution in [1.82, 2.24) is 5.48 Å². The van der Waals surface area contributed by atoms with Crippen molar-refractivity contribution < 1.29 is 18.8 Å². The maximum absolute atomic E-state index is 10.7. The molecule has 0 unspecified atom stereocenters. The third-order valence-electron chi connectivity index (χ3n) is 0.922. The fourth-order valence-electron chi connectivity index (χ4n) is 0.523. The molecule has 58 valence electrons. The van der Waals surface area contributed by atoms with E-state index in [2.05, 4.69) is 9.25 Å². The van der Waals surface area contributed by atoms with Gasteiger partial charge in [0.15, 0.2) is 0 Å². The van der Waals surface area contributed by atoms with E-state index in [9.17, 15) is 9.59 Å². The van der Waals surface area contributed by atoms with Crippen molar-refractivity contribution >= 4 is 12.4 Å². The molecule has 1 aromatic rings. The number of hydroxylamine groups is 1. The van der Waals surface area contributed by atoms with Crippen molar-refractivity contribution in [1.29, 1.82) is 0 Å². The van der Waals surface area contributed by atoms with Crippen LogP contribution >= 0.6 is 0 Å². The van der Waals surface area contributed by atoms with Crippen LogP contribution in [0.1, 0.15) is 10.6 Å². The van der Waals surface area contributed by atoms with Crippen LogP contribution in [0.3, 0.4) is 0 Å². The molecule has 1 rings (SSSR count). The van der Waals surface area contributed by atoms with Gasteiger partial charge in [-0.1, -0.05) is 0 Å². The first-order valence-corrected chi connectivity index (χ1v) is 2.78. The van der Waals surface area contributed by atoms with E-state index in [1.165, 1.54) is 18.4 Å². The Morgan fingerprint density at radius 3 is 3.09 bits per heavy atom. The predicted octanol–water partition coefficient (Wildman–Crippen LogP) is 0.0974. The second kappa shape index (κ2) is 3.40. The van der Waals surface area contributed by atoms with Crippen LogP contribution in [-0.4, -0.2) is 12.4 Å². The van der Waals surface area contributed by atoms with Crippen molar-refractivity contribution in [2.24, 2.45) is 0 Å². The number of amides is 1. The summed E-state index contributed by atoms with van der Waals surface area (Å²) in [6, 6.07) is 2.96. The lowest BCUT2D eigenvalue weighted by Gasteiger charge is -1.95. The van der Waals surface area contributed by atoms with Crippen LogP contribution in [0, 0.1) is 0 Å². The first kappa shape index (κ1) is 7.33. The van der Waals surface area contributed by atoms with Crippen molar-refractivity contribution in [3.63, 3.8) is 0 Å². The molecule has 0 radical (unpaired) electrons. The van der Waals surface area contributed by atoms with Crippen LogP contribution in [0.15, 0.2) is 22.8 Å². The zero-order valence-electron chi connectivity index (χ0n) is 5.44. The Morgan fingerprint density at radius 2 is 2.55 bits per heavy atom. The maximum Gasteiger partial charge on any atom is 0.398 e. The molecule has 0 aliphatic heterocycles. The van der Waals surface area contributed by atoms with E-state index in [4.69, 9.17) is 0 Å². The van der Waals surface area contributed by atoms with E-state index >= 15 is 0 Å². The second-order valence-electron chi connectivity index (χ2n) is 1.60. The minimum absolute atomic E-state index is 0.0411. The zero-order chi connectivity index (χ0) is 8.10. The summed E-state index contributed by atoms with van der Waals surface area (Å²) >= 11 is 0. The Hall–Kier alpha value is -1.78. The molecule has 0 aliphatic rings. The van der Waals surface area contributed by atoms with Gasteiger partial charge in [-0.05, 0) is 12.1 Å². The van der Waals surface area contributed by atoms with Gasteiger partial charge < -0.3 is 9.25 Å². The summed E-state index contributed by atoms with van der Waals surface area (Å²) in [4.78, 5) is 24.6. The van der Waals surface area contributed by atoms with Gasteiger partial charge >= 0.3 is 5.97 Å². The molecule has 1 aromatic heterocycles. The first-order chi connectivity index (χ1) is 5.34. The summed E-state index contributed by atoms with van der Waals surface area (Å²) in [7, 11) is 0. The molecular formula is C6H5NO4. The summed E-state index contributed by atoms with van der Waals surface area (Å²) in [6.07, 6.45) is 1.58. The predicted molar refractivity (Wildman–Crippen MR) is 33.3 cm³/mol. The third-order valence-corrected chi connectivity index (χ3v) is 0.922. The van der Waals surface area contributed by atoms with Crippen molar-refractivity contribution in [3.8, 4) is 0 Å². The molecule has 0 fully saturated rings. The summed E-state index contributed by atoms with van der Waals surface area (Å²) in [5.74, 6) is -0.693. The molecule has 1 N–H and O–H groups in total. The first-order valence-electron chi connectivity index (χ1n) is 2.78. The van der Waals surface area contributed by atoms with Crippen LogP contribution in [0.5, 0.6) is 0 Å². The number of rotatable bonds is 3. The lowest BCUT2D eigenvalue weighted by Crippen LogP contribution is -2.17.